The molecular formula is C16H27N5. The molecule has 116 valence electrons. The maximum atomic E-state index is 6.24. The summed E-state index contributed by atoms with van der Waals surface area (Å²) in [5.41, 5.74) is 9.44. The Labute approximate surface area is 126 Å². The van der Waals surface area contributed by atoms with Crippen molar-refractivity contribution in [3.8, 4) is 0 Å². The number of rotatable bonds is 4. The van der Waals surface area contributed by atoms with E-state index in [9.17, 15) is 0 Å². The van der Waals surface area contributed by atoms with Gasteiger partial charge in [0.1, 0.15) is 5.52 Å². The standard InChI is InChI=1S/C16H27N5/c1-4-6-13-14-15(20(3)19-13)21(16(17)18-14)12-9-7-11(5-2)8-10-12/h11-12H,4-10H2,1-3H3,(H2,17,18). The van der Waals surface area contributed by atoms with Gasteiger partial charge in [0.25, 0.3) is 0 Å². The number of nitrogens with two attached hydrogens (primary N) is 1. The predicted octanol–water partition coefficient (Wildman–Crippen LogP) is 3.45. The first-order valence-corrected chi connectivity index (χ1v) is 8.34. The zero-order chi connectivity index (χ0) is 15.0. The molecule has 0 atom stereocenters. The Morgan fingerprint density at radius 1 is 1.19 bits per heavy atom. The molecule has 1 aliphatic carbocycles. The molecule has 0 saturated heterocycles. The predicted molar refractivity (Wildman–Crippen MR) is 86.2 cm³/mol. The van der Waals surface area contributed by atoms with Crippen LogP contribution in [-0.4, -0.2) is 19.3 Å². The van der Waals surface area contributed by atoms with Gasteiger partial charge in [0.2, 0.25) is 5.95 Å². The van der Waals surface area contributed by atoms with Crippen LogP contribution in [0.25, 0.3) is 11.2 Å². The lowest BCUT2D eigenvalue weighted by Crippen LogP contribution is -2.20. The van der Waals surface area contributed by atoms with Gasteiger partial charge in [0.15, 0.2) is 5.65 Å². The van der Waals surface area contributed by atoms with Crippen LogP contribution in [0.4, 0.5) is 5.95 Å². The number of fused-ring (bicyclic) bond motifs is 1. The molecule has 1 saturated carbocycles. The number of hydrogen-bond acceptors (Lipinski definition) is 3. The van der Waals surface area contributed by atoms with Crippen molar-refractivity contribution in [1.82, 2.24) is 19.3 Å². The molecule has 3 rings (SSSR count). The second-order valence-corrected chi connectivity index (χ2v) is 6.42. The highest BCUT2D eigenvalue weighted by atomic mass is 15.4. The first-order valence-electron chi connectivity index (χ1n) is 8.34. The van der Waals surface area contributed by atoms with E-state index in [4.69, 9.17) is 5.73 Å². The lowest BCUT2D eigenvalue weighted by Gasteiger charge is -2.29. The highest BCUT2D eigenvalue weighted by Gasteiger charge is 2.26. The van der Waals surface area contributed by atoms with Crippen molar-refractivity contribution < 1.29 is 0 Å². The minimum Gasteiger partial charge on any atom is -0.369 e. The fraction of sp³-hybridized carbons (Fsp3) is 0.750. The number of anilines is 1. The van der Waals surface area contributed by atoms with Crippen LogP contribution >= 0.6 is 0 Å². The highest BCUT2D eigenvalue weighted by molar-refractivity contribution is 5.78. The second kappa shape index (κ2) is 5.70. The lowest BCUT2D eigenvalue weighted by molar-refractivity contribution is 0.273. The van der Waals surface area contributed by atoms with Crippen molar-refractivity contribution in [2.45, 2.75) is 64.8 Å². The minimum atomic E-state index is 0.489. The lowest BCUT2D eigenvalue weighted by atomic mass is 9.84. The largest absolute Gasteiger partial charge is 0.369 e. The number of aromatic nitrogens is 4. The Bertz CT molecular complexity index is 616. The van der Waals surface area contributed by atoms with Crippen molar-refractivity contribution in [2.24, 2.45) is 13.0 Å². The fourth-order valence-electron chi connectivity index (χ4n) is 3.80. The van der Waals surface area contributed by atoms with Gasteiger partial charge in [-0.05, 0) is 38.0 Å². The van der Waals surface area contributed by atoms with E-state index in [0.29, 0.717) is 12.0 Å². The summed E-state index contributed by atoms with van der Waals surface area (Å²) in [6, 6.07) is 0.489. The van der Waals surface area contributed by atoms with Crippen LogP contribution in [0.3, 0.4) is 0 Å². The van der Waals surface area contributed by atoms with Crippen LogP contribution in [-0.2, 0) is 13.5 Å². The van der Waals surface area contributed by atoms with Gasteiger partial charge in [-0.15, -0.1) is 0 Å². The molecule has 0 spiro atoms. The Morgan fingerprint density at radius 3 is 2.52 bits per heavy atom. The zero-order valence-corrected chi connectivity index (χ0v) is 13.5. The van der Waals surface area contributed by atoms with Gasteiger partial charge in [0, 0.05) is 13.1 Å². The van der Waals surface area contributed by atoms with E-state index < -0.39 is 0 Å². The number of nitrogens with zero attached hydrogens (tertiary/aromatic N) is 4. The molecule has 0 unspecified atom stereocenters. The smallest absolute Gasteiger partial charge is 0.202 e. The van der Waals surface area contributed by atoms with Gasteiger partial charge in [-0.3, -0.25) is 9.25 Å². The molecule has 21 heavy (non-hydrogen) atoms. The van der Waals surface area contributed by atoms with E-state index in [2.05, 4.69) is 28.5 Å². The summed E-state index contributed by atoms with van der Waals surface area (Å²) in [6.45, 7) is 4.47. The number of aryl methyl sites for hydroxylation is 2. The van der Waals surface area contributed by atoms with Gasteiger partial charge < -0.3 is 5.73 Å². The molecule has 2 N–H and O–H groups in total. The van der Waals surface area contributed by atoms with Gasteiger partial charge in [-0.1, -0.05) is 26.7 Å². The average molecular weight is 289 g/mol. The summed E-state index contributed by atoms with van der Waals surface area (Å²) in [7, 11) is 2.01. The monoisotopic (exact) mass is 289 g/mol. The minimum absolute atomic E-state index is 0.489. The van der Waals surface area contributed by atoms with E-state index in [1.165, 1.54) is 32.1 Å². The van der Waals surface area contributed by atoms with Crippen molar-refractivity contribution in [3.05, 3.63) is 5.69 Å². The molecule has 0 amide bonds. The third-order valence-corrected chi connectivity index (χ3v) is 5.01. The molecule has 0 aromatic carbocycles. The Balaban J connectivity index is 1.97. The first-order chi connectivity index (χ1) is 10.2. The Kier molecular flexibility index (Phi) is 3.91. The normalized spacial score (nSPS) is 23.0. The number of imidazole rings is 1. The topological polar surface area (TPSA) is 61.7 Å². The summed E-state index contributed by atoms with van der Waals surface area (Å²) in [6.07, 6.45) is 8.38. The van der Waals surface area contributed by atoms with Gasteiger partial charge >= 0.3 is 0 Å². The van der Waals surface area contributed by atoms with Crippen LogP contribution in [0, 0.1) is 5.92 Å². The molecule has 0 radical (unpaired) electrons. The third kappa shape index (κ3) is 2.43. The Morgan fingerprint density at radius 2 is 1.90 bits per heavy atom. The molecule has 1 aliphatic rings. The van der Waals surface area contributed by atoms with Crippen molar-refractivity contribution in [3.63, 3.8) is 0 Å². The molecule has 2 aromatic heterocycles. The average Bonchev–Trinajstić information content (AvgIpc) is 2.97. The van der Waals surface area contributed by atoms with Crippen LogP contribution < -0.4 is 5.73 Å². The summed E-state index contributed by atoms with van der Waals surface area (Å²) in [4.78, 5) is 4.62. The Hall–Kier alpha value is -1.52. The molecule has 1 fully saturated rings. The van der Waals surface area contributed by atoms with E-state index in [1.54, 1.807) is 0 Å². The molecule has 0 aliphatic heterocycles. The fourth-order valence-corrected chi connectivity index (χ4v) is 3.80. The SMILES string of the molecule is CCCc1nn(C)c2c1nc(N)n2C1CCC(CC)CC1. The summed E-state index contributed by atoms with van der Waals surface area (Å²) >= 11 is 0. The third-order valence-electron chi connectivity index (χ3n) is 5.01. The molecule has 0 bridgehead atoms. The highest BCUT2D eigenvalue weighted by Crippen LogP contribution is 2.37. The number of nitrogen functional groups attached to an aromatic ring is 1. The van der Waals surface area contributed by atoms with Crippen LogP contribution in [0.2, 0.25) is 0 Å². The van der Waals surface area contributed by atoms with E-state index >= 15 is 0 Å². The van der Waals surface area contributed by atoms with E-state index in [1.807, 2.05) is 11.7 Å². The maximum absolute atomic E-state index is 6.24. The molecular weight excluding hydrogens is 262 g/mol. The van der Waals surface area contributed by atoms with Gasteiger partial charge in [-0.25, -0.2) is 4.98 Å². The van der Waals surface area contributed by atoms with Crippen LogP contribution in [0.5, 0.6) is 0 Å². The van der Waals surface area contributed by atoms with Crippen molar-refractivity contribution >= 4 is 17.1 Å². The van der Waals surface area contributed by atoms with E-state index in [-0.39, 0.29) is 0 Å². The summed E-state index contributed by atoms with van der Waals surface area (Å²) in [5.74, 6) is 1.55. The molecule has 2 heterocycles. The van der Waals surface area contributed by atoms with Gasteiger partial charge in [-0.2, -0.15) is 5.10 Å². The molecule has 2 aromatic rings. The van der Waals surface area contributed by atoms with E-state index in [0.717, 1.165) is 35.6 Å². The zero-order valence-electron chi connectivity index (χ0n) is 13.5. The van der Waals surface area contributed by atoms with Crippen molar-refractivity contribution in [1.29, 1.82) is 0 Å². The summed E-state index contributed by atoms with van der Waals surface area (Å²) in [5, 5.41) is 4.64. The van der Waals surface area contributed by atoms with Crippen LogP contribution in [0.1, 0.15) is 64.1 Å². The van der Waals surface area contributed by atoms with Crippen molar-refractivity contribution in [2.75, 3.05) is 5.73 Å². The van der Waals surface area contributed by atoms with Crippen LogP contribution in [0.15, 0.2) is 0 Å². The second-order valence-electron chi connectivity index (χ2n) is 6.42. The number of hydrogen-bond donors (Lipinski definition) is 1. The van der Waals surface area contributed by atoms with Gasteiger partial charge in [0.05, 0.1) is 5.69 Å². The molecule has 5 nitrogen and oxygen atoms in total. The molecule has 5 heteroatoms. The first kappa shape index (κ1) is 14.4. The maximum Gasteiger partial charge on any atom is 0.202 e. The quantitative estimate of drug-likeness (QED) is 0.937. The summed E-state index contributed by atoms with van der Waals surface area (Å²) < 4.78 is 4.21.